The van der Waals surface area contributed by atoms with Crippen LogP contribution in [0.3, 0.4) is 0 Å². The molecule has 0 saturated heterocycles. The van der Waals surface area contributed by atoms with Crippen molar-refractivity contribution in [3.8, 4) is 0 Å². The Hall–Kier alpha value is -0.460. The van der Waals surface area contributed by atoms with E-state index < -0.39 is 15.4 Å². The van der Waals surface area contributed by atoms with Crippen LogP contribution in [0.15, 0.2) is 5.38 Å². The fraction of sp³-hybridized carbons (Fsp3) is 0.800. The van der Waals surface area contributed by atoms with Crippen molar-refractivity contribution in [1.29, 1.82) is 0 Å². The first-order valence-electron chi connectivity index (χ1n) is 7.71. The summed E-state index contributed by atoms with van der Waals surface area (Å²) >= 11 is 1.61. The van der Waals surface area contributed by atoms with Crippen molar-refractivity contribution < 1.29 is 8.42 Å². The molecule has 4 nitrogen and oxygen atoms in total. The van der Waals surface area contributed by atoms with E-state index in [0.29, 0.717) is 5.92 Å². The molecule has 21 heavy (non-hydrogen) atoms. The van der Waals surface area contributed by atoms with E-state index in [1.54, 1.807) is 11.3 Å². The summed E-state index contributed by atoms with van der Waals surface area (Å²) in [4.78, 5) is 4.77. The lowest BCUT2D eigenvalue weighted by atomic mass is 9.97. The van der Waals surface area contributed by atoms with Crippen LogP contribution >= 0.6 is 11.3 Å². The van der Waals surface area contributed by atoms with E-state index in [4.69, 9.17) is 4.98 Å². The highest BCUT2D eigenvalue weighted by Gasteiger charge is 2.50. The molecular weight excluding hydrogens is 304 g/mol. The number of sulfone groups is 1. The largest absolute Gasteiger partial charge is 0.304 e. The Kier molecular flexibility index (Phi) is 5.11. The van der Waals surface area contributed by atoms with Crippen LogP contribution in [0.4, 0.5) is 0 Å². The Morgan fingerprint density at radius 3 is 2.76 bits per heavy atom. The van der Waals surface area contributed by atoms with Crippen molar-refractivity contribution in [3.63, 3.8) is 0 Å². The SMILES string of the molecule is CCCNC1(c2nc(C(C)C)cs2)CCCC1S(C)(=O)=O. The lowest BCUT2D eigenvalue weighted by molar-refractivity contribution is 0.340. The Labute approximate surface area is 132 Å². The molecule has 0 aliphatic heterocycles. The molecule has 0 spiro atoms. The van der Waals surface area contributed by atoms with Crippen LogP contribution in [0.5, 0.6) is 0 Å². The normalized spacial score (nSPS) is 26.6. The molecule has 2 unspecified atom stereocenters. The van der Waals surface area contributed by atoms with Crippen LogP contribution in [0, 0.1) is 0 Å². The summed E-state index contributed by atoms with van der Waals surface area (Å²) in [7, 11) is -3.10. The van der Waals surface area contributed by atoms with Gasteiger partial charge in [-0.2, -0.15) is 0 Å². The van der Waals surface area contributed by atoms with Gasteiger partial charge in [-0.05, 0) is 38.1 Å². The minimum Gasteiger partial charge on any atom is -0.304 e. The van der Waals surface area contributed by atoms with Crippen molar-refractivity contribution in [2.24, 2.45) is 0 Å². The summed E-state index contributed by atoms with van der Waals surface area (Å²) in [5.41, 5.74) is 0.577. The third-order valence-corrected chi connectivity index (χ3v) is 7.00. The van der Waals surface area contributed by atoms with E-state index >= 15 is 0 Å². The number of nitrogens with one attached hydrogen (secondary N) is 1. The van der Waals surface area contributed by atoms with Gasteiger partial charge in [0.2, 0.25) is 0 Å². The van der Waals surface area contributed by atoms with Gasteiger partial charge in [-0.3, -0.25) is 0 Å². The second-order valence-corrected chi connectivity index (χ2v) is 9.43. The molecule has 2 rings (SSSR count). The molecule has 0 amide bonds. The average molecular weight is 331 g/mol. The first-order valence-corrected chi connectivity index (χ1v) is 10.5. The number of hydrogen-bond donors (Lipinski definition) is 1. The standard InChI is InChI=1S/C15H26N2O2S2/c1-5-9-16-15(8-6-7-13(15)21(4,18)19)14-17-12(10-20-14)11(2)3/h10-11,13,16H,5-9H2,1-4H3. The number of rotatable bonds is 6. The zero-order valence-electron chi connectivity index (χ0n) is 13.3. The highest BCUT2D eigenvalue weighted by Crippen LogP contribution is 2.44. The Morgan fingerprint density at radius 1 is 1.52 bits per heavy atom. The van der Waals surface area contributed by atoms with Crippen molar-refractivity contribution in [1.82, 2.24) is 10.3 Å². The highest BCUT2D eigenvalue weighted by atomic mass is 32.2. The first kappa shape index (κ1) is 16.9. The van der Waals surface area contributed by atoms with Crippen molar-refractivity contribution in [2.75, 3.05) is 12.8 Å². The molecule has 0 aromatic carbocycles. The Bertz CT molecular complexity index is 580. The zero-order valence-corrected chi connectivity index (χ0v) is 15.0. The lowest BCUT2D eigenvalue weighted by Crippen LogP contribution is -2.51. The lowest BCUT2D eigenvalue weighted by Gasteiger charge is -2.34. The molecule has 0 radical (unpaired) electrons. The van der Waals surface area contributed by atoms with E-state index in [-0.39, 0.29) is 5.25 Å². The van der Waals surface area contributed by atoms with E-state index in [2.05, 4.69) is 31.5 Å². The smallest absolute Gasteiger partial charge is 0.152 e. The Balaban J connectivity index is 2.45. The number of nitrogens with zero attached hydrogens (tertiary/aromatic N) is 1. The van der Waals surface area contributed by atoms with Gasteiger partial charge >= 0.3 is 0 Å². The predicted molar refractivity (Wildman–Crippen MR) is 88.7 cm³/mol. The van der Waals surface area contributed by atoms with Crippen molar-refractivity contribution in [3.05, 3.63) is 16.1 Å². The van der Waals surface area contributed by atoms with Crippen LogP contribution in [0.25, 0.3) is 0 Å². The third kappa shape index (κ3) is 3.32. The van der Waals surface area contributed by atoms with E-state index in [1.165, 1.54) is 6.26 Å². The molecule has 1 saturated carbocycles. The molecule has 1 aromatic heterocycles. The van der Waals surface area contributed by atoms with Gasteiger partial charge in [0.1, 0.15) is 5.01 Å². The molecule has 1 aliphatic rings. The molecule has 120 valence electrons. The fourth-order valence-electron chi connectivity index (χ4n) is 3.18. The first-order chi connectivity index (χ1) is 9.81. The summed E-state index contributed by atoms with van der Waals surface area (Å²) in [6.07, 6.45) is 4.87. The topological polar surface area (TPSA) is 59.1 Å². The maximum atomic E-state index is 12.3. The molecule has 1 fully saturated rings. The number of thiazole rings is 1. The van der Waals surface area contributed by atoms with Crippen molar-refractivity contribution in [2.45, 2.75) is 63.2 Å². The summed E-state index contributed by atoms with van der Waals surface area (Å²) in [6, 6.07) is 0. The molecule has 1 aromatic rings. The number of hydrogen-bond acceptors (Lipinski definition) is 5. The van der Waals surface area contributed by atoms with Crippen molar-refractivity contribution >= 4 is 21.2 Å². The van der Waals surface area contributed by atoms with Gasteiger partial charge < -0.3 is 5.32 Å². The number of aromatic nitrogens is 1. The van der Waals surface area contributed by atoms with Crippen LogP contribution < -0.4 is 5.32 Å². The summed E-state index contributed by atoms with van der Waals surface area (Å²) in [5, 5.41) is 6.21. The second kappa shape index (κ2) is 6.34. The van der Waals surface area contributed by atoms with Gasteiger partial charge in [-0.15, -0.1) is 11.3 Å². The van der Waals surface area contributed by atoms with Gasteiger partial charge in [0.15, 0.2) is 9.84 Å². The molecule has 6 heteroatoms. The van der Waals surface area contributed by atoms with Gasteiger partial charge in [0.05, 0.1) is 16.5 Å². The molecule has 1 heterocycles. The summed E-state index contributed by atoms with van der Waals surface area (Å²) in [5.74, 6) is 0.372. The van der Waals surface area contributed by atoms with Crippen LogP contribution in [-0.2, 0) is 15.4 Å². The average Bonchev–Trinajstić information content (AvgIpc) is 3.02. The maximum Gasteiger partial charge on any atom is 0.152 e. The van der Waals surface area contributed by atoms with Crippen LogP contribution in [-0.4, -0.2) is 31.5 Å². The van der Waals surface area contributed by atoms with E-state index in [0.717, 1.165) is 42.9 Å². The van der Waals surface area contributed by atoms with Crippen LogP contribution in [0.2, 0.25) is 0 Å². The van der Waals surface area contributed by atoms with Gasteiger partial charge in [-0.1, -0.05) is 20.8 Å². The minimum atomic E-state index is -3.10. The van der Waals surface area contributed by atoms with Crippen LogP contribution in [0.1, 0.15) is 63.1 Å². The molecule has 1 N–H and O–H groups in total. The molecule has 2 atom stereocenters. The molecular formula is C15H26N2O2S2. The second-order valence-electron chi connectivity index (χ2n) is 6.34. The molecule has 0 bridgehead atoms. The maximum absolute atomic E-state index is 12.3. The third-order valence-electron chi connectivity index (χ3n) is 4.29. The van der Waals surface area contributed by atoms with Gasteiger partial charge in [-0.25, -0.2) is 13.4 Å². The predicted octanol–water partition coefficient (Wildman–Crippen LogP) is 3.06. The zero-order chi connectivity index (χ0) is 15.7. The monoisotopic (exact) mass is 330 g/mol. The van der Waals surface area contributed by atoms with Gasteiger partial charge in [0, 0.05) is 11.6 Å². The van der Waals surface area contributed by atoms with Gasteiger partial charge in [0.25, 0.3) is 0 Å². The summed E-state index contributed by atoms with van der Waals surface area (Å²) in [6.45, 7) is 7.16. The fourth-order valence-corrected chi connectivity index (χ4v) is 6.14. The summed E-state index contributed by atoms with van der Waals surface area (Å²) < 4.78 is 24.5. The highest BCUT2D eigenvalue weighted by molar-refractivity contribution is 7.91. The van der Waals surface area contributed by atoms with E-state index in [1.807, 2.05) is 0 Å². The quantitative estimate of drug-likeness (QED) is 0.871. The molecule has 1 aliphatic carbocycles. The Morgan fingerprint density at radius 2 is 2.24 bits per heavy atom. The minimum absolute atomic E-state index is 0.359. The van der Waals surface area contributed by atoms with E-state index in [9.17, 15) is 8.42 Å².